The molecule has 0 aliphatic heterocycles. The van der Waals surface area contributed by atoms with E-state index in [4.69, 9.17) is 5.11 Å². The molecular weight excluding hydrogens is 218 g/mol. The highest BCUT2D eigenvalue weighted by Crippen LogP contribution is 2.11. The summed E-state index contributed by atoms with van der Waals surface area (Å²) < 4.78 is 1.82. The first-order valence-corrected chi connectivity index (χ1v) is 5.44. The molecule has 0 saturated carbocycles. The molecule has 2 rings (SSSR count). The zero-order valence-electron chi connectivity index (χ0n) is 9.50. The van der Waals surface area contributed by atoms with Gasteiger partial charge in [-0.05, 0) is 18.6 Å². The highest BCUT2D eigenvalue weighted by molar-refractivity contribution is 5.87. The molecule has 88 valence electrons. The maximum atomic E-state index is 10.9. The average Bonchev–Trinajstić information content (AvgIpc) is 2.78. The Balaban J connectivity index is 2.42. The van der Waals surface area contributed by atoms with Crippen LogP contribution >= 0.6 is 0 Å². The Kier molecular flexibility index (Phi) is 3.18. The average molecular weight is 231 g/mol. The first-order chi connectivity index (χ1) is 8.22. The normalized spacial score (nSPS) is 10.4. The maximum Gasteiger partial charge on any atom is 0.335 e. The molecular formula is C12H13N3O2. The molecule has 1 N–H and O–H groups in total. The van der Waals surface area contributed by atoms with Gasteiger partial charge in [0, 0.05) is 25.0 Å². The van der Waals surface area contributed by atoms with Gasteiger partial charge in [-0.1, -0.05) is 6.92 Å². The van der Waals surface area contributed by atoms with Crippen molar-refractivity contribution in [3.63, 3.8) is 0 Å². The van der Waals surface area contributed by atoms with Gasteiger partial charge in [0.1, 0.15) is 11.6 Å². The van der Waals surface area contributed by atoms with Crippen molar-refractivity contribution in [3.05, 3.63) is 42.1 Å². The minimum absolute atomic E-state index is 0.228. The molecule has 5 heteroatoms. The van der Waals surface area contributed by atoms with Crippen molar-refractivity contribution < 1.29 is 9.90 Å². The largest absolute Gasteiger partial charge is 0.478 e. The van der Waals surface area contributed by atoms with Crippen LogP contribution in [0.1, 0.15) is 29.5 Å². The number of carboxylic acid groups (broad SMARTS) is 1. The number of pyridine rings is 1. The van der Waals surface area contributed by atoms with Crippen LogP contribution in [-0.2, 0) is 6.42 Å². The van der Waals surface area contributed by atoms with E-state index in [-0.39, 0.29) is 5.56 Å². The number of nitrogens with zero attached hydrogens (tertiary/aromatic N) is 3. The molecule has 17 heavy (non-hydrogen) atoms. The number of hydrogen-bond acceptors (Lipinski definition) is 3. The minimum Gasteiger partial charge on any atom is -0.478 e. The van der Waals surface area contributed by atoms with Crippen LogP contribution in [0.5, 0.6) is 0 Å². The number of rotatable bonds is 4. The van der Waals surface area contributed by atoms with E-state index in [2.05, 4.69) is 16.9 Å². The predicted molar refractivity (Wildman–Crippen MR) is 62.3 cm³/mol. The number of aromatic nitrogens is 3. The molecule has 0 aliphatic rings. The summed E-state index contributed by atoms with van der Waals surface area (Å²) >= 11 is 0. The molecule has 0 aromatic carbocycles. The number of carboxylic acids is 1. The lowest BCUT2D eigenvalue weighted by atomic mass is 10.2. The van der Waals surface area contributed by atoms with Crippen molar-refractivity contribution in [1.82, 2.24) is 14.5 Å². The Bertz CT molecular complexity index is 534. The molecule has 2 aromatic heterocycles. The van der Waals surface area contributed by atoms with Gasteiger partial charge >= 0.3 is 5.97 Å². The summed E-state index contributed by atoms with van der Waals surface area (Å²) in [5, 5.41) is 8.93. The Morgan fingerprint density at radius 3 is 2.94 bits per heavy atom. The summed E-state index contributed by atoms with van der Waals surface area (Å²) in [6.45, 7) is 2.07. The van der Waals surface area contributed by atoms with Crippen molar-refractivity contribution in [2.75, 3.05) is 0 Å². The van der Waals surface area contributed by atoms with Crippen LogP contribution in [0.4, 0.5) is 0 Å². The second-order valence-electron chi connectivity index (χ2n) is 3.67. The third-order valence-corrected chi connectivity index (χ3v) is 2.43. The van der Waals surface area contributed by atoms with E-state index < -0.39 is 5.97 Å². The number of carbonyl (C=O) groups is 1. The van der Waals surface area contributed by atoms with E-state index >= 15 is 0 Å². The SMILES string of the molecule is CCCc1nccn1-c1cc(C(=O)O)ccn1. The van der Waals surface area contributed by atoms with Gasteiger partial charge in [0.05, 0.1) is 5.56 Å². The molecule has 0 amide bonds. The molecule has 0 radical (unpaired) electrons. The fourth-order valence-electron chi connectivity index (χ4n) is 1.63. The molecule has 0 unspecified atom stereocenters. The van der Waals surface area contributed by atoms with E-state index in [1.807, 2.05) is 4.57 Å². The fraction of sp³-hybridized carbons (Fsp3) is 0.250. The topological polar surface area (TPSA) is 68.0 Å². The monoisotopic (exact) mass is 231 g/mol. The van der Waals surface area contributed by atoms with Crippen molar-refractivity contribution in [3.8, 4) is 5.82 Å². The fourth-order valence-corrected chi connectivity index (χ4v) is 1.63. The molecule has 0 spiro atoms. The maximum absolute atomic E-state index is 10.9. The van der Waals surface area contributed by atoms with Gasteiger partial charge in [-0.15, -0.1) is 0 Å². The van der Waals surface area contributed by atoms with Crippen LogP contribution in [0, 0.1) is 0 Å². The van der Waals surface area contributed by atoms with Crippen LogP contribution in [-0.4, -0.2) is 25.6 Å². The number of imidazole rings is 1. The lowest BCUT2D eigenvalue weighted by Gasteiger charge is -2.06. The molecule has 2 heterocycles. The molecule has 0 bridgehead atoms. The second kappa shape index (κ2) is 4.78. The van der Waals surface area contributed by atoms with Gasteiger partial charge in [-0.2, -0.15) is 0 Å². The highest BCUT2D eigenvalue weighted by atomic mass is 16.4. The van der Waals surface area contributed by atoms with Crippen LogP contribution in [0.25, 0.3) is 5.82 Å². The van der Waals surface area contributed by atoms with Crippen LogP contribution in [0.3, 0.4) is 0 Å². The summed E-state index contributed by atoms with van der Waals surface area (Å²) in [5.41, 5.74) is 0.228. The van der Waals surface area contributed by atoms with Crippen LogP contribution in [0.2, 0.25) is 0 Å². The van der Waals surface area contributed by atoms with Crippen LogP contribution in [0.15, 0.2) is 30.7 Å². The molecule has 0 saturated heterocycles. The summed E-state index contributed by atoms with van der Waals surface area (Å²) in [5.74, 6) is 0.527. The molecule has 0 fully saturated rings. The van der Waals surface area contributed by atoms with E-state index in [0.717, 1.165) is 18.7 Å². The Morgan fingerprint density at radius 1 is 1.41 bits per heavy atom. The standard InChI is InChI=1S/C12H13N3O2/c1-2-3-10-14-6-7-15(10)11-8-9(12(16)17)4-5-13-11/h4-8H,2-3H2,1H3,(H,16,17). The Hall–Kier alpha value is -2.17. The lowest BCUT2D eigenvalue weighted by Crippen LogP contribution is -2.05. The smallest absolute Gasteiger partial charge is 0.335 e. The van der Waals surface area contributed by atoms with Crippen LogP contribution < -0.4 is 0 Å². The second-order valence-corrected chi connectivity index (χ2v) is 3.67. The molecule has 0 aliphatic carbocycles. The van der Waals surface area contributed by atoms with E-state index in [1.165, 1.54) is 12.3 Å². The molecule has 5 nitrogen and oxygen atoms in total. The summed E-state index contributed by atoms with van der Waals surface area (Å²) in [7, 11) is 0. The number of aromatic carboxylic acids is 1. The first-order valence-electron chi connectivity index (χ1n) is 5.44. The number of aryl methyl sites for hydroxylation is 1. The van der Waals surface area contributed by atoms with Gasteiger partial charge in [0.25, 0.3) is 0 Å². The summed E-state index contributed by atoms with van der Waals surface area (Å²) in [6, 6.07) is 3.02. The Morgan fingerprint density at radius 2 is 2.24 bits per heavy atom. The quantitative estimate of drug-likeness (QED) is 0.872. The lowest BCUT2D eigenvalue weighted by molar-refractivity contribution is 0.0696. The third kappa shape index (κ3) is 2.33. The van der Waals surface area contributed by atoms with Gasteiger partial charge in [-0.25, -0.2) is 14.8 Å². The minimum atomic E-state index is -0.953. The van der Waals surface area contributed by atoms with Gasteiger partial charge in [-0.3, -0.25) is 4.57 Å². The first kappa shape index (κ1) is 11.3. The zero-order valence-corrected chi connectivity index (χ0v) is 9.50. The predicted octanol–water partition coefficient (Wildman–Crippen LogP) is 1.92. The van der Waals surface area contributed by atoms with Crippen molar-refractivity contribution in [2.24, 2.45) is 0 Å². The highest BCUT2D eigenvalue weighted by Gasteiger charge is 2.08. The van der Waals surface area contributed by atoms with Gasteiger partial charge in [0.2, 0.25) is 0 Å². The third-order valence-electron chi connectivity index (χ3n) is 2.43. The molecule has 0 atom stereocenters. The van der Waals surface area contributed by atoms with Gasteiger partial charge < -0.3 is 5.11 Å². The summed E-state index contributed by atoms with van der Waals surface area (Å²) in [4.78, 5) is 19.3. The van der Waals surface area contributed by atoms with Gasteiger partial charge in [0.15, 0.2) is 0 Å². The van der Waals surface area contributed by atoms with E-state index in [9.17, 15) is 4.79 Å². The van der Waals surface area contributed by atoms with E-state index in [1.54, 1.807) is 18.5 Å². The summed E-state index contributed by atoms with van der Waals surface area (Å²) in [6.07, 6.45) is 6.80. The van der Waals surface area contributed by atoms with Crippen molar-refractivity contribution in [1.29, 1.82) is 0 Å². The molecule has 2 aromatic rings. The zero-order chi connectivity index (χ0) is 12.3. The number of hydrogen-bond donors (Lipinski definition) is 1. The van der Waals surface area contributed by atoms with E-state index in [0.29, 0.717) is 5.82 Å². The van der Waals surface area contributed by atoms with Crippen molar-refractivity contribution >= 4 is 5.97 Å². The van der Waals surface area contributed by atoms with Crippen molar-refractivity contribution in [2.45, 2.75) is 19.8 Å². The Labute approximate surface area is 98.8 Å².